The molecule has 8 heteroatoms. The zero-order valence-electron chi connectivity index (χ0n) is 10.3. The molecular formula is C11H18Cl2N4O2. The molecule has 19 heavy (non-hydrogen) atoms. The van der Waals surface area contributed by atoms with Crippen molar-refractivity contribution in [3.8, 4) is 0 Å². The molecule has 0 unspecified atom stereocenters. The second-order valence-corrected chi connectivity index (χ2v) is 4.38. The number of rotatable bonds is 3. The number of pyridine rings is 1. The fourth-order valence-corrected chi connectivity index (χ4v) is 2.11. The number of halogens is 2. The molecule has 0 aromatic carbocycles. The summed E-state index contributed by atoms with van der Waals surface area (Å²) >= 11 is 0. The van der Waals surface area contributed by atoms with Gasteiger partial charge in [-0.15, -0.1) is 24.8 Å². The van der Waals surface area contributed by atoms with Crippen LogP contribution in [0.25, 0.3) is 0 Å². The van der Waals surface area contributed by atoms with Crippen molar-refractivity contribution >= 4 is 36.3 Å². The van der Waals surface area contributed by atoms with Crippen LogP contribution in [0.2, 0.25) is 0 Å². The molecule has 0 spiro atoms. The largest absolute Gasteiger partial charge is 0.362 e. The van der Waals surface area contributed by atoms with Crippen molar-refractivity contribution in [3.05, 3.63) is 28.4 Å². The lowest BCUT2D eigenvalue weighted by Gasteiger charge is -2.26. The van der Waals surface area contributed by atoms with Crippen LogP contribution in [0.15, 0.2) is 18.3 Å². The van der Waals surface area contributed by atoms with E-state index in [1.165, 1.54) is 6.07 Å². The number of nitrogens with zero attached hydrogens (tertiary/aromatic N) is 2. The lowest BCUT2D eigenvalue weighted by atomic mass is 9.92. The maximum atomic E-state index is 10.8. The highest BCUT2D eigenvalue weighted by atomic mass is 35.5. The van der Waals surface area contributed by atoms with E-state index in [9.17, 15) is 10.1 Å². The van der Waals surface area contributed by atoms with Crippen molar-refractivity contribution in [3.63, 3.8) is 0 Å². The Morgan fingerprint density at radius 1 is 1.32 bits per heavy atom. The molecule has 1 heterocycles. The van der Waals surface area contributed by atoms with E-state index >= 15 is 0 Å². The highest BCUT2D eigenvalue weighted by molar-refractivity contribution is 5.85. The summed E-state index contributed by atoms with van der Waals surface area (Å²) in [7, 11) is 0. The van der Waals surface area contributed by atoms with Gasteiger partial charge in [-0.25, -0.2) is 4.98 Å². The third kappa shape index (κ3) is 4.81. The Bertz CT molecular complexity index is 411. The topological polar surface area (TPSA) is 94.1 Å². The summed E-state index contributed by atoms with van der Waals surface area (Å²) in [6.45, 7) is 0. The Labute approximate surface area is 124 Å². The van der Waals surface area contributed by atoms with E-state index in [4.69, 9.17) is 5.73 Å². The van der Waals surface area contributed by atoms with Gasteiger partial charge in [0.15, 0.2) is 0 Å². The van der Waals surface area contributed by atoms with Crippen molar-refractivity contribution in [1.82, 2.24) is 4.98 Å². The second kappa shape index (κ2) is 8.14. The third-order valence-corrected chi connectivity index (χ3v) is 3.10. The minimum absolute atomic E-state index is 0. The van der Waals surface area contributed by atoms with Gasteiger partial charge in [-0.1, -0.05) is 0 Å². The molecule has 0 aliphatic heterocycles. The van der Waals surface area contributed by atoms with E-state index in [2.05, 4.69) is 10.3 Å². The standard InChI is InChI=1S/C11H16N4O2.2ClH/c12-8-3-5-9(6-4-8)14-11-10(15(16)17)2-1-7-13-11;;/h1-2,7-9H,3-6,12H2,(H,13,14);2*1H/t8-,9+;;. The van der Waals surface area contributed by atoms with Gasteiger partial charge in [-0.3, -0.25) is 10.1 Å². The highest BCUT2D eigenvalue weighted by Gasteiger charge is 2.22. The van der Waals surface area contributed by atoms with Crippen molar-refractivity contribution in [2.75, 3.05) is 5.32 Å². The summed E-state index contributed by atoms with van der Waals surface area (Å²) in [5.41, 5.74) is 5.85. The summed E-state index contributed by atoms with van der Waals surface area (Å²) in [4.78, 5) is 14.4. The first-order valence-electron chi connectivity index (χ1n) is 5.78. The van der Waals surface area contributed by atoms with E-state index in [-0.39, 0.29) is 42.6 Å². The molecule has 0 saturated heterocycles. The molecule has 3 N–H and O–H groups in total. The van der Waals surface area contributed by atoms with Gasteiger partial charge in [-0.2, -0.15) is 0 Å². The van der Waals surface area contributed by atoms with E-state index in [1.807, 2.05) is 0 Å². The summed E-state index contributed by atoms with van der Waals surface area (Å²) < 4.78 is 0. The molecule has 2 rings (SSSR count). The minimum atomic E-state index is -0.413. The molecule has 1 aromatic heterocycles. The minimum Gasteiger partial charge on any atom is -0.362 e. The summed E-state index contributed by atoms with van der Waals surface area (Å²) in [6, 6.07) is 3.54. The average Bonchev–Trinajstić information content (AvgIpc) is 2.32. The molecule has 0 bridgehead atoms. The van der Waals surface area contributed by atoms with Crippen LogP contribution in [-0.4, -0.2) is 22.0 Å². The van der Waals surface area contributed by atoms with Gasteiger partial charge in [0.05, 0.1) is 4.92 Å². The van der Waals surface area contributed by atoms with Crippen molar-refractivity contribution < 1.29 is 4.92 Å². The zero-order chi connectivity index (χ0) is 12.3. The molecule has 1 fully saturated rings. The van der Waals surface area contributed by atoms with Crippen LogP contribution in [0.1, 0.15) is 25.7 Å². The molecule has 0 atom stereocenters. The maximum absolute atomic E-state index is 10.8. The summed E-state index contributed by atoms with van der Waals surface area (Å²) in [5.74, 6) is 0.359. The predicted molar refractivity (Wildman–Crippen MR) is 79.2 cm³/mol. The summed E-state index contributed by atoms with van der Waals surface area (Å²) in [5, 5.41) is 14.0. The van der Waals surface area contributed by atoms with Gasteiger partial charge in [0.25, 0.3) is 0 Å². The number of nitrogens with two attached hydrogens (primary N) is 1. The van der Waals surface area contributed by atoms with E-state index < -0.39 is 4.92 Å². The van der Waals surface area contributed by atoms with Crippen LogP contribution < -0.4 is 11.1 Å². The second-order valence-electron chi connectivity index (χ2n) is 4.38. The third-order valence-electron chi connectivity index (χ3n) is 3.10. The van der Waals surface area contributed by atoms with Crippen molar-refractivity contribution in [2.45, 2.75) is 37.8 Å². The molecule has 108 valence electrons. The first kappa shape index (κ1) is 17.9. The number of hydrogen-bond acceptors (Lipinski definition) is 5. The number of aromatic nitrogens is 1. The molecule has 1 aliphatic rings. The van der Waals surface area contributed by atoms with Crippen LogP contribution in [0.4, 0.5) is 11.5 Å². The fraction of sp³-hybridized carbons (Fsp3) is 0.545. The average molecular weight is 309 g/mol. The molecule has 1 aliphatic carbocycles. The monoisotopic (exact) mass is 308 g/mol. The Hall–Kier alpha value is -1.11. The molecule has 1 aromatic rings. The van der Waals surface area contributed by atoms with Gasteiger partial charge in [0.1, 0.15) is 0 Å². The van der Waals surface area contributed by atoms with Crippen LogP contribution in [0, 0.1) is 10.1 Å². The van der Waals surface area contributed by atoms with Gasteiger partial charge >= 0.3 is 5.69 Å². The number of nitrogens with one attached hydrogen (secondary N) is 1. The Morgan fingerprint density at radius 3 is 2.53 bits per heavy atom. The van der Waals surface area contributed by atoms with E-state index in [1.54, 1.807) is 12.3 Å². The van der Waals surface area contributed by atoms with Crippen LogP contribution in [-0.2, 0) is 0 Å². The first-order valence-corrected chi connectivity index (χ1v) is 5.78. The zero-order valence-corrected chi connectivity index (χ0v) is 12.0. The molecule has 6 nitrogen and oxygen atoms in total. The maximum Gasteiger partial charge on any atom is 0.311 e. The number of hydrogen-bond donors (Lipinski definition) is 2. The van der Waals surface area contributed by atoms with E-state index in [0.29, 0.717) is 5.82 Å². The number of nitro groups is 1. The first-order chi connectivity index (χ1) is 8.16. The lowest BCUT2D eigenvalue weighted by molar-refractivity contribution is -0.384. The van der Waals surface area contributed by atoms with Gasteiger partial charge in [-0.05, 0) is 31.7 Å². The quantitative estimate of drug-likeness (QED) is 0.661. The molecular weight excluding hydrogens is 291 g/mol. The highest BCUT2D eigenvalue weighted by Crippen LogP contribution is 2.25. The molecule has 1 saturated carbocycles. The van der Waals surface area contributed by atoms with Crippen LogP contribution in [0.5, 0.6) is 0 Å². The number of anilines is 1. The Balaban J connectivity index is 0.00000162. The van der Waals surface area contributed by atoms with Gasteiger partial charge in [0.2, 0.25) is 5.82 Å². The SMILES string of the molecule is Cl.Cl.N[C@H]1CC[C@@H](Nc2ncccc2[N+](=O)[O-])CC1. The van der Waals surface area contributed by atoms with Crippen LogP contribution >= 0.6 is 24.8 Å². The fourth-order valence-electron chi connectivity index (χ4n) is 2.11. The van der Waals surface area contributed by atoms with E-state index in [0.717, 1.165) is 25.7 Å². The van der Waals surface area contributed by atoms with Gasteiger partial charge in [0, 0.05) is 24.3 Å². The van der Waals surface area contributed by atoms with Gasteiger partial charge < -0.3 is 11.1 Å². The lowest BCUT2D eigenvalue weighted by Crippen LogP contribution is -2.33. The van der Waals surface area contributed by atoms with Crippen molar-refractivity contribution in [1.29, 1.82) is 0 Å². The molecule has 0 amide bonds. The molecule has 0 radical (unpaired) electrons. The predicted octanol–water partition coefficient (Wildman–Crippen LogP) is 2.52. The van der Waals surface area contributed by atoms with Crippen LogP contribution in [0.3, 0.4) is 0 Å². The Kier molecular flexibility index (Phi) is 7.66. The van der Waals surface area contributed by atoms with Crippen molar-refractivity contribution in [2.24, 2.45) is 5.73 Å². The normalized spacial score (nSPS) is 21.7. The summed E-state index contributed by atoms with van der Waals surface area (Å²) in [6.07, 6.45) is 5.35. The smallest absolute Gasteiger partial charge is 0.311 e. The Morgan fingerprint density at radius 2 is 1.95 bits per heavy atom.